The molecule has 72 valence electrons. The minimum atomic E-state index is 0.450. The zero-order valence-corrected chi connectivity index (χ0v) is 8.72. The number of aromatic hydroxyl groups is 1. The van der Waals surface area contributed by atoms with E-state index in [-0.39, 0.29) is 0 Å². The standard InChI is InChI=1S/C10H12O.C2H6/c1-7-9-4-2-3-8(9)5-6-10(7)11;1-2/h5-6,11H,2-4H2,1H3;1-2H3. The first kappa shape index (κ1) is 10.1. The molecule has 0 saturated carbocycles. The van der Waals surface area contributed by atoms with Gasteiger partial charge in [-0.3, -0.25) is 0 Å². The van der Waals surface area contributed by atoms with Crippen molar-refractivity contribution in [2.24, 2.45) is 0 Å². The number of hydrogen-bond donors (Lipinski definition) is 1. The van der Waals surface area contributed by atoms with Crippen LogP contribution in [-0.4, -0.2) is 5.11 Å². The summed E-state index contributed by atoms with van der Waals surface area (Å²) in [5.74, 6) is 0.450. The predicted molar refractivity (Wildman–Crippen MR) is 56.2 cm³/mol. The lowest BCUT2D eigenvalue weighted by molar-refractivity contribution is 0.470. The molecular formula is C12H18O. The highest BCUT2D eigenvalue weighted by atomic mass is 16.3. The third-order valence-electron chi connectivity index (χ3n) is 2.54. The average molecular weight is 178 g/mol. The molecule has 0 unspecified atom stereocenters. The maximum atomic E-state index is 9.38. The highest BCUT2D eigenvalue weighted by Crippen LogP contribution is 2.29. The van der Waals surface area contributed by atoms with Crippen molar-refractivity contribution in [1.82, 2.24) is 0 Å². The first-order chi connectivity index (χ1) is 6.29. The molecule has 1 aliphatic carbocycles. The zero-order valence-electron chi connectivity index (χ0n) is 8.72. The maximum Gasteiger partial charge on any atom is 0.118 e. The first-order valence-electron chi connectivity index (χ1n) is 5.09. The second-order valence-corrected chi connectivity index (χ2v) is 3.20. The van der Waals surface area contributed by atoms with E-state index in [0.29, 0.717) is 5.75 Å². The van der Waals surface area contributed by atoms with Gasteiger partial charge in [0, 0.05) is 0 Å². The molecule has 0 amide bonds. The van der Waals surface area contributed by atoms with Gasteiger partial charge in [0.25, 0.3) is 0 Å². The lowest BCUT2D eigenvalue weighted by Crippen LogP contribution is -1.86. The highest BCUT2D eigenvalue weighted by molar-refractivity contribution is 5.45. The molecule has 0 bridgehead atoms. The molecule has 1 aliphatic rings. The Kier molecular flexibility index (Phi) is 3.35. The van der Waals surface area contributed by atoms with Gasteiger partial charge in [0.15, 0.2) is 0 Å². The summed E-state index contributed by atoms with van der Waals surface area (Å²) in [5.41, 5.74) is 3.89. The fraction of sp³-hybridized carbons (Fsp3) is 0.500. The number of fused-ring (bicyclic) bond motifs is 1. The van der Waals surface area contributed by atoms with E-state index >= 15 is 0 Å². The van der Waals surface area contributed by atoms with Crippen molar-refractivity contribution in [2.75, 3.05) is 0 Å². The van der Waals surface area contributed by atoms with Gasteiger partial charge in [-0.2, -0.15) is 0 Å². The van der Waals surface area contributed by atoms with Crippen molar-refractivity contribution in [1.29, 1.82) is 0 Å². The van der Waals surface area contributed by atoms with E-state index in [1.165, 1.54) is 24.0 Å². The van der Waals surface area contributed by atoms with Crippen LogP contribution in [0.2, 0.25) is 0 Å². The lowest BCUT2D eigenvalue weighted by Gasteiger charge is -2.04. The summed E-state index contributed by atoms with van der Waals surface area (Å²) < 4.78 is 0. The fourth-order valence-corrected chi connectivity index (χ4v) is 1.84. The lowest BCUT2D eigenvalue weighted by atomic mass is 10.0. The minimum Gasteiger partial charge on any atom is -0.508 e. The smallest absolute Gasteiger partial charge is 0.118 e. The van der Waals surface area contributed by atoms with E-state index < -0.39 is 0 Å². The highest BCUT2D eigenvalue weighted by Gasteiger charge is 2.14. The Bertz CT molecular complexity index is 289. The van der Waals surface area contributed by atoms with Gasteiger partial charge in [0.2, 0.25) is 0 Å². The Labute approximate surface area is 80.4 Å². The van der Waals surface area contributed by atoms with Crippen LogP contribution in [0, 0.1) is 6.92 Å². The van der Waals surface area contributed by atoms with Gasteiger partial charge in [-0.15, -0.1) is 0 Å². The Morgan fingerprint density at radius 2 is 1.85 bits per heavy atom. The number of phenols is 1. The van der Waals surface area contributed by atoms with Crippen LogP contribution in [0.25, 0.3) is 0 Å². The summed E-state index contributed by atoms with van der Waals surface area (Å²) >= 11 is 0. The minimum absolute atomic E-state index is 0.450. The molecule has 0 atom stereocenters. The second kappa shape index (κ2) is 4.31. The summed E-state index contributed by atoms with van der Waals surface area (Å²) in [4.78, 5) is 0. The van der Waals surface area contributed by atoms with Crippen molar-refractivity contribution in [3.8, 4) is 5.75 Å². The molecule has 2 rings (SSSR count). The molecule has 0 saturated heterocycles. The van der Waals surface area contributed by atoms with Crippen LogP contribution in [-0.2, 0) is 12.8 Å². The molecule has 0 fully saturated rings. The molecule has 13 heavy (non-hydrogen) atoms. The SMILES string of the molecule is CC.Cc1c(O)ccc2c1CCC2. The summed E-state index contributed by atoms with van der Waals surface area (Å²) in [7, 11) is 0. The zero-order chi connectivity index (χ0) is 9.84. The Balaban J connectivity index is 0.000000396. The van der Waals surface area contributed by atoms with Gasteiger partial charge < -0.3 is 5.11 Å². The van der Waals surface area contributed by atoms with Gasteiger partial charge >= 0.3 is 0 Å². The van der Waals surface area contributed by atoms with E-state index in [9.17, 15) is 5.11 Å². The molecule has 1 nitrogen and oxygen atoms in total. The number of hydrogen-bond acceptors (Lipinski definition) is 1. The van der Waals surface area contributed by atoms with Crippen molar-refractivity contribution < 1.29 is 5.11 Å². The normalized spacial score (nSPS) is 13.2. The molecule has 0 aliphatic heterocycles. The number of aryl methyl sites for hydroxylation is 1. The van der Waals surface area contributed by atoms with E-state index in [2.05, 4.69) is 0 Å². The molecule has 0 aromatic heterocycles. The quantitative estimate of drug-likeness (QED) is 0.646. The summed E-state index contributed by atoms with van der Waals surface area (Å²) in [6.07, 6.45) is 3.59. The van der Waals surface area contributed by atoms with Crippen molar-refractivity contribution >= 4 is 0 Å². The van der Waals surface area contributed by atoms with Crippen molar-refractivity contribution in [3.63, 3.8) is 0 Å². The third kappa shape index (κ3) is 1.85. The summed E-state index contributed by atoms with van der Waals surface area (Å²) in [5, 5.41) is 9.38. The summed E-state index contributed by atoms with van der Waals surface area (Å²) in [6.45, 7) is 6.00. The van der Waals surface area contributed by atoms with Gasteiger partial charge in [-0.25, -0.2) is 0 Å². The monoisotopic (exact) mass is 178 g/mol. The fourth-order valence-electron chi connectivity index (χ4n) is 1.84. The molecule has 1 aromatic carbocycles. The number of benzene rings is 1. The van der Waals surface area contributed by atoms with Crippen LogP contribution in [0.4, 0.5) is 0 Å². The van der Waals surface area contributed by atoms with Crippen LogP contribution >= 0.6 is 0 Å². The molecule has 1 aromatic rings. The molecular weight excluding hydrogens is 160 g/mol. The van der Waals surface area contributed by atoms with Crippen LogP contribution in [0.5, 0.6) is 5.75 Å². The van der Waals surface area contributed by atoms with E-state index in [4.69, 9.17) is 0 Å². The van der Waals surface area contributed by atoms with Gasteiger partial charge in [0.1, 0.15) is 5.75 Å². The van der Waals surface area contributed by atoms with Crippen molar-refractivity contribution in [2.45, 2.75) is 40.0 Å². The van der Waals surface area contributed by atoms with Crippen LogP contribution < -0.4 is 0 Å². The second-order valence-electron chi connectivity index (χ2n) is 3.20. The number of phenolic OH excluding ortho intramolecular Hbond substituents is 1. The van der Waals surface area contributed by atoms with Crippen molar-refractivity contribution in [3.05, 3.63) is 28.8 Å². The molecule has 1 heteroatoms. The van der Waals surface area contributed by atoms with Gasteiger partial charge in [0.05, 0.1) is 0 Å². The average Bonchev–Trinajstić information content (AvgIpc) is 2.63. The van der Waals surface area contributed by atoms with E-state index in [0.717, 1.165) is 12.0 Å². The van der Waals surface area contributed by atoms with Crippen LogP contribution in [0.3, 0.4) is 0 Å². The van der Waals surface area contributed by atoms with Gasteiger partial charge in [-0.05, 0) is 48.9 Å². The first-order valence-corrected chi connectivity index (χ1v) is 5.09. The third-order valence-corrected chi connectivity index (χ3v) is 2.54. The number of rotatable bonds is 0. The van der Waals surface area contributed by atoms with Crippen LogP contribution in [0.15, 0.2) is 12.1 Å². The Morgan fingerprint density at radius 1 is 1.15 bits per heavy atom. The van der Waals surface area contributed by atoms with E-state index in [1.54, 1.807) is 6.07 Å². The van der Waals surface area contributed by atoms with Gasteiger partial charge in [-0.1, -0.05) is 19.9 Å². The van der Waals surface area contributed by atoms with E-state index in [1.807, 2.05) is 26.8 Å². The maximum absolute atomic E-state index is 9.38. The Morgan fingerprint density at radius 3 is 2.54 bits per heavy atom. The topological polar surface area (TPSA) is 20.2 Å². The molecule has 0 spiro atoms. The largest absolute Gasteiger partial charge is 0.508 e. The Hall–Kier alpha value is -0.980. The molecule has 1 N–H and O–H groups in total. The molecule has 0 heterocycles. The predicted octanol–water partition coefficient (Wildman–Crippen LogP) is 3.22. The molecule has 0 radical (unpaired) electrons. The van der Waals surface area contributed by atoms with Crippen LogP contribution in [0.1, 0.15) is 37.0 Å². The summed E-state index contributed by atoms with van der Waals surface area (Å²) in [6, 6.07) is 3.85.